The lowest BCUT2D eigenvalue weighted by Gasteiger charge is -2.05. The number of aromatic nitrogens is 1. The predicted octanol–water partition coefficient (Wildman–Crippen LogP) is 1.82. The quantitative estimate of drug-likeness (QED) is 0.550. The summed E-state index contributed by atoms with van der Waals surface area (Å²) in [6.45, 7) is 3.24. The van der Waals surface area contributed by atoms with E-state index in [2.05, 4.69) is 4.98 Å². The molecule has 1 aromatic heterocycles. The van der Waals surface area contributed by atoms with Crippen molar-refractivity contribution in [2.45, 2.75) is 13.0 Å². The molecule has 1 aromatic rings. The minimum atomic E-state index is 0.248. The Kier molecular flexibility index (Phi) is 2.38. The second kappa shape index (κ2) is 3.52. The number of nitrogens with zero attached hydrogens (tertiary/aromatic N) is 1. The molecule has 0 spiro atoms. The van der Waals surface area contributed by atoms with Crippen molar-refractivity contribution < 1.29 is 9.47 Å². The average Bonchev–Trinajstić information content (AvgIpc) is 2.86. The van der Waals surface area contributed by atoms with Crippen molar-refractivity contribution in [2.75, 3.05) is 13.2 Å². The molecule has 0 saturated carbocycles. The third-order valence-corrected chi connectivity index (χ3v) is 2.05. The maximum atomic E-state index is 5.86. The molecule has 0 radical (unpaired) electrons. The SMILES string of the molecule is Cc1ccc(OCC2CO2)c(Cl)n1. The van der Waals surface area contributed by atoms with Crippen molar-refractivity contribution >= 4 is 11.6 Å². The van der Waals surface area contributed by atoms with Gasteiger partial charge in [-0.05, 0) is 19.1 Å². The first kappa shape index (κ1) is 8.78. The first-order valence-electron chi connectivity index (χ1n) is 4.13. The number of hydrogen-bond acceptors (Lipinski definition) is 3. The third kappa shape index (κ3) is 2.32. The number of epoxide rings is 1. The molecule has 2 heterocycles. The van der Waals surface area contributed by atoms with Crippen LogP contribution < -0.4 is 4.74 Å². The Morgan fingerprint density at radius 1 is 1.69 bits per heavy atom. The summed E-state index contributed by atoms with van der Waals surface area (Å²) in [5.74, 6) is 0.628. The van der Waals surface area contributed by atoms with Crippen LogP contribution in [0.25, 0.3) is 0 Å². The first-order chi connectivity index (χ1) is 6.25. The molecule has 1 atom stereocenters. The van der Waals surface area contributed by atoms with Crippen LogP contribution in [0, 0.1) is 6.92 Å². The summed E-state index contributed by atoms with van der Waals surface area (Å²) in [4.78, 5) is 4.07. The van der Waals surface area contributed by atoms with Gasteiger partial charge in [-0.2, -0.15) is 0 Å². The van der Waals surface area contributed by atoms with Gasteiger partial charge in [0.2, 0.25) is 0 Å². The standard InChI is InChI=1S/C9H10ClNO2/c1-6-2-3-8(9(10)11-6)13-5-7-4-12-7/h2-3,7H,4-5H2,1H3. The molecule has 3 nitrogen and oxygen atoms in total. The van der Waals surface area contributed by atoms with Gasteiger partial charge in [0.15, 0.2) is 10.9 Å². The maximum absolute atomic E-state index is 5.86. The van der Waals surface area contributed by atoms with Crippen LogP contribution in [0.2, 0.25) is 5.15 Å². The molecule has 1 aliphatic heterocycles. The summed E-state index contributed by atoms with van der Waals surface area (Å²) in [6, 6.07) is 3.70. The highest BCUT2D eigenvalue weighted by molar-refractivity contribution is 6.30. The Hall–Kier alpha value is -0.800. The van der Waals surface area contributed by atoms with E-state index in [0.717, 1.165) is 12.3 Å². The van der Waals surface area contributed by atoms with Crippen LogP contribution in [0.1, 0.15) is 5.69 Å². The molecule has 0 aliphatic carbocycles. The number of pyridine rings is 1. The normalized spacial score (nSPS) is 20.0. The molecule has 0 amide bonds. The topological polar surface area (TPSA) is 34.6 Å². The summed E-state index contributed by atoms with van der Waals surface area (Å²) >= 11 is 5.86. The molecule has 1 saturated heterocycles. The van der Waals surface area contributed by atoms with Gasteiger partial charge in [0, 0.05) is 5.69 Å². The summed E-state index contributed by atoms with van der Waals surface area (Å²) in [6.07, 6.45) is 0.248. The highest BCUT2D eigenvalue weighted by Crippen LogP contribution is 2.23. The molecule has 1 unspecified atom stereocenters. The highest BCUT2D eigenvalue weighted by Gasteiger charge is 2.23. The second-order valence-electron chi connectivity index (χ2n) is 3.01. The minimum absolute atomic E-state index is 0.248. The van der Waals surface area contributed by atoms with E-state index in [9.17, 15) is 0 Å². The van der Waals surface area contributed by atoms with Crippen LogP contribution in [0.5, 0.6) is 5.75 Å². The van der Waals surface area contributed by atoms with Crippen LogP contribution >= 0.6 is 11.6 Å². The van der Waals surface area contributed by atoms with Gasteiger partial charge in [0.05, 0.1) is 6.61 Å². The van der Waals surface area contributed by atoms with Gasteiger partial charge in [-0.3, -0.25) is 0 Å². The molecule has 4 heteroatoms. The number of halogens is 1. The Balaban J connectivity index is 2.01. The van der Waals surface area contributed by atoms with Gasteiger partial charge in [-0.1, -0.05) is 11.6 Å². The lowest BCUT2D eigenvalue weighted by atomic mass is 10.4. The van der Waals surface area contributed by atoms with Crippen LogP contribution in [-0.4, -0.2) is 24.3 Å². The van der Waals surface area contributed by atoms with Crippen molar-refractivity contribution in [1.29, 1.82) is 0 Å². The zero-order valence-corrected chi connectivity index (χ0v) is 8.04. The first-order valence-corrected chi connectivity index (χ1v) is 4.51. The number of ether oxygens (including phenoxy) is 2. The Bertz CT molecular complexity index is 312. The average molecular weight is 200 g/mol. The van der Waals surface area contributed by atoms with Crippen molar-refractivity contribution in [3.63, 3.8) is 0 Å². The van der Waals surface area contributed by atoms with E-state index < -0.39 is 0 Å². The lowest BCUT2D eigenvalue weighted by Crippen LogP contribution is -2.04. The Morgan fingerprint density at radius 2 is 2.46 bits per heavy atom. The van der Waals surface area contributed by atoms with Gasteiger partial charge < -0.3 is 9.47 Å². The van der Waals surface area contributed by atoms with Crippen LogP contribution in [0.4, 0.5) is 0 Å². The van der Waals surface area contributed by atoms with Crippen LogP contribution in [0.15, 0.2) is 12.1 Å². The van der Waals surface area contributed by atoms with Crippen molar-refractivity contribution in [1.82, 2.24) is 4.98 Å². The van der Waals surface area contributed by atoms with Gasteiger partial charge in [0.1, 0.15) is 12.7 Å². The second-order valence-corrected chi connectivity index (χ2v) is 3.37. The summed E-state index contributed by atoms with van der Waals surface area (Å²) < 4.78 is 10.4. The van der Waals surface area contributed by atoms with Crippen molar-refractivity contribution in [3.05, 3.63) is 23.0 Å². The van der Waals surface area contributed by atoms with Gasteiger partial charge >= 0.3 is 0 Å². The zero-order valence-electron chi connectivity index (χ0n) is 7.29. The van der Waals surface area contributed by atoms with Gasteiger partial charge in [-0.25, -0.2) is 4.98 Å². The van der Waals surface area contributed by atoms with E-state index in [0.29, 0.717) is 17.5 Å². The lowest BCUT2D eigenvalue weighted by molar-refractivity contribution is 0.262. The van der Waals surface area contributed by atoms with E-state index in [1.54, 1.807) is 0 Å². The molecule has 2 rings (SSSR count). The molecule has 1 fully saturated rings. The fourth-order valence-electron chi connectivity index (χ4n) is 0.967. The van der Waals surface area contributed by atoms with E-state index in [1.165, 1.54) is 0 Å². The molecule has 0 N–H and O–H groups in total. The number of hydrogen-bond donors (Lipinski definition) is 0. The predicted molar refractivity (Wildman–Crippen MR) is 49.2 cm³/mol. The van der Waals surface area contributed by atoms with E-state index in [4.69, 9.17) is 21.1 Å². The summed E-state index contributed by atoms with van der Waals surface area (Å²) in [7, 11) is 0. The Labute approximate surface area is 81.6 Å². The fourth-order valence-corrected chi connectivity index (χ4v) is 1.22. The van der Waals surface area contributed by atoms with Crippen LogP contribution in [-0.2, 0) is 4.74 Å². The highest BCUT2D eigenvalue weighted by atomic mass is 35.5. The maximum Gasteiger partial charge on any atom is 0.171 e. The smallest absolute Gasteiger partial charge is 0.171 e. The van der Waals surface area contributed by atoms with E-state index >= 15 is 0 Å². The summed E-state index contributed by atoms with van der Waals surface area (Å²) in [5.41, 5.74) is 0.889. The molecule has 0 bridgehead atoms. The molecule has 0 aromatic carbocycles. The molecular formula is C9H10ClNO2. The molecular weight excluding hydrogens is 190 g/mol. The Morgan fingerprint density at radius 3 is 3.08 bits per heavy atom. The van der Waals surface area contributed by atoms with Gasteiger partial charge in [0.25, 0.3) is 0 Å². The van der Waals surface area contributed by atoms with E-state index in [-0.39, 0.29) is 6.10 Å². The molecule has 13 heavy (non-hydrogen) atoms. The third-order valence-electron chi connectivity index (χ3n) is 1.78. The summed E-state index contributed by atoms with van der Waals surface area (Å²) in [5, 5.41) is 0.417. The number of aryl methyl sites for hydroxylation is 1. The molecule has 1 aliphatic rings. The monoisotopic (exact) mass is 199 g/mol. The van der Waals surface area contributed by atoms with Crippen molar-refractivity contribution in [2.24, 2.45) is 0 Å². The largest absolute Gasteiger partial charge is 0.488 e. The number of rotatable bonds is 3. The van der Waals surface area contributed by atoms with E-state index in [1.807, 2.05) is 19.1 Å². The fraction of sp³-hybridized carbons (Fsp3) is 0.444. The minimum Gasteiger partial charge on any atom is -0.488 e. The molecule has 70 valence electrons. The van der Waals surface area contributed by atoms with Crippen LogP contribution in [0.3, 0.4) is 0 Å². The van der Waals surface area contributed by atoms with Gasteiger partial charge in [-0.15, -0.1) is 0 Å². The zero-order chi connectivity index (χ0) is 9.26. The van der Waals surface area contributed by atoms with Crippen molar-refractivity contribution in [3.8, 4) is 5.75 Å².